The van der Waals surface area contributed by atoms with Gasteiger partial charge in [0.2, 0.25) is 0 Å². The molecule has 3 aromatic carbocycles. The third kappa shape index (κ3) is 2.61. The number of nitrogens with zero attached hydrogens (tertiary/aromatic N) is 2. The second-order valence-corrected chi connectivity index (χ2v) is 6.31. The molecule has 0 aliphatic carbocycles. The van der Waals surface area contributed by atoms with Gasteiger partial charge in [-0.3, -0.25) is 0 Å². The molecule has 0 saturated heterocycles. The van der Waals surface area contributed by atoms with E-state index < -0.39 is 0 Å². The largest absolute Gasteiger partial charge is 0.319 e. The van der Waals surface area contributed by atoms with Crippen molar-refractivity contribution >= 4 is 11.0 Å². The first-order valence-corrected chi connectivity index (χ1v) is 8.29. The maximum Gasteiger partial charge on any atom is 0.141 e. The second-order valence-electron chi connectivity index (χ2n) is 6.31. The van der Waals surface area contributed by atoms with Crippen molar-refractivity contribution in [2.75, 3.05) is 0 Å². The molecular formula is C22H20N2. The molecule has 0 spiro atoms. The smallest absolute Gasteiger partial charge is 0.141 e. The van der Waals surface area contributed by atoms with Crippen molar-refractivity contribution in [1.29, 1.82) is 0 Å². The zero-order chi connectivity index (χ0) is 16.5. The van der Waals surface area contributed by atoms with Crippen molar-refractivity contribution in [1.82, 2.24) is 9.55 Å². The quantitative estimate of drug-likeness (QED) is 0.497. The van der Waals surface area contributed by atoms with Crippen LogP contribution in [0.15, 0.2) is 72.8 Å². The van der Waals surface area contributed by atoms with Crippen molar-refractivity contribution < 1.29 is 0 Å². The van der Waals surface area contributed by atoms with Crippen LogP contribution in [0.2, 0.25) is 0 Å². The van der Waals surface area contributed by atoms with Crippen molar-refractivity contribution in [2.45, 2.75) is 20.4 Å². The molecule has 2 heteroatoms. The van der Waals surface area contributed by atoms with E-state index in [2.05, 4.69) is 85.1 Å². The molecule has 2 nitrogen and oxygen atoms in total. The molecule has 4 rings (SSSR count). The fraction of sp³-hybridized carbons (Fsp3) is 0.136. The van der Waals surface area contributed by atoms with Crippen LogP contribution in [0.4, 0.5) is 0 Å². The number of para-hydroxylation sites is 2. The van der Waals surface area contributed by atoms with Crippen LogP contribution in [0.1, 0.15) is 16.7 Å². The van der Waals surface area contributed by atoms with Crippen molar-refractivity contribution in [2.24, 2.45) is 0 Å². The Morgan fingerprint density at radius 1 is 0.792 bits per heavy atom. The van der Waals surface area contributed by atoms with Gasteiger partial charge in [0.05, 0.1) is 11.0 Å². The topological polar surface area (TPSA) is 17.8 Å². The maximum absolute atomic E-state index is 4.92. The van der Waals surface area contributed by atoms with Crippen LogP contribution in [-0.2, 0) is 6.54 Å². The fourth-order valence-corrected chi connectivity index (χ4v) is 3.14. The van der Waals surface area contributed by atoms with Crippen molar-refractivity contribution in [3.63, 3.8) is 0 Å². The van der Waals surface area contributed by atoms with E-state index in [1.54, 1.807) is 0 Å². The Bertz CT molecular complexity index is 994. The number of hydrogen-bond donors (Lipinski definition) is 0. The van der Waals surface area contributed by atoms with Gasteiger partial charge in [-0.1, -0.05) is 66.2 Å². The van der Waals surface area contributed by atoms with Crippen LogP contribution in [0, 0.1) is 13.8 Å². The summed E-state index contributed by atoms with van der Waals surface area (Å²) in [6, 6.07) is 25.6. The molecule has 0 fully saturated rings. The Balaban J connectivity index is 1.90. The standard InChI is InChI=1S/C22H20N2/c1-16-11-13-18(14-12-16)15-24-21-10-6-5-9-20(21)23-22(24)19-8-4-3-7-17(19)2/h3-14H,15H2,1-2H3. The zero-order valence-corrected chi connectivity index (χ0v) is 14.0. The van der Waals surface area contributed by atoms with Crippen LogP contribution in [0.5, 0.6) is 0 Å². The molecule has 1 aromatic heterocycles. The summed E-state index contributed by atoms with van der Waals surface area (Å²) < 4.78 is 2.32. The molecule has 1 heterocycles. The monoisotopic (exact) mass is 312 g/mol. The van der Waals surface area contributed by atoms with Gasteiger partial charge in [-0.15, -0.1) is 0 Å². The molecule has 4 aromatic rings. The van der Waals surface area contributed by atoms with Crippen molar-refractivity contribution in [3.8, 4) is 11.4 Å². The minimum atomic E-state index is 0.824. The van der Waals surface area contributed by atoms with E-state index in [4.69, 9.17) is 4.98 Å². The number of hydrogen-bond acceptors (Lipinski definition) is 1. The molecule has 0 unspecified atom stereocenters. The highest BCUT2D eigenvalue weighted by Crippen LogP contribution is 2.28. The molecule has 0 saturated carbocycles. The van der Waals surface area contributed by atoms with E-state index in [1.165, 1.54) is 27.8 Å². The van der Waals surface area contributed by atoms with Gasteiger partial charge < -0.3 is 4.57 Å². The summed E-state index contributed by atoms with van der Waals surface area (Å²) in [7, 11) is 0. The third-order valence-corrected chi connectivity index (χ3v) is 4.50. The first kappa shape index (κ1) is 14.7. The SMILES string of the molecule is Cc1ccc(Cn2c(-c3ccccc3C)nc3ccccc32)cc1. The number of rotatable bonds is 3. The molecule has 0 aliphatic heterocycles. The summed E-state index contributed by atoms with van der Waals surface area (Å²) in [6.45, 7) is 5.09. The van der Waals surface area contributed by atoms with Crippen molar-refractivity contribution in [3.05, 3.63) is 89.5 Å². The lowest BCUT2D eigenvalue weighted by Crippen LogP contribution is -2.03. The molecule has 118 valence electrons. The lowest BCUT2D eigenvalue weighted by molar-refractivity contribution is 0.833. The molecule has 0 radical (unpaired) electrons. The van der Waals surface area contributed by atoms with Gasteiger partial charge in [0, 0.05) is 12.1 Å². The summed E-state index contributed by atoms with van der Waals surface area (Å²) in [5.41, 5.74) is 7.24. The van der Waals surface area contributed by atoms with Gasteiger partial charge in [-0.25, -0.2) is 4.98 Å². The summed E-state index contributed by atoms with van der Waals surface area (Å²) in [4.78, 5) is 4.92. The third-order valence-electron chi connectivity index (χ3n) is 4.50. The number of aromatic nitrogens is 2. The van der Waals surface area contributed by atoms with Gasteiger partial charge >= 0.3 is 0 Å². The molecule has 0 bridgehead atoms. The Morgan fingerprint density at radius 2 is 1.50 bits per heavy atom. The van der Waals surface area contributed by atoms with Gasteiger partial charge in [-0.2, -0.15) is 0 Å². The van der Waals surface area contributed by atoms with Gasteiger partial charge in [-0.05, 0) is 37.1 Å². The van der Waals surface area contributed by atoms with E-state index in [1.807, 2.05) is 6.07 Å². The zero-order valence-electron chi connectivity index (χ0n) is 14.0. The highest BCUT2D eigenvalue weighted by molar-refractivity contribution is 5.81. The van der Waals surface area contributed by atoms with E-state index in [-0.39, 0.29) is 0 Å². The van der Waals surface area contributed by atoms with E-state index in [0.29, 0.717) is 0 Å². The normalized spacial score (nSPS) is 11.1. The first-order valence-electron chi connectivity index (χ1n) is 8.29. The summed E-state index contributed by atoms with van der Waals surface area (Å²) >= 11 is 0. The van der Waals surface area contributed by atoms with Crippen LogP contribution in [-0.4, -0.2) is 9.55 Å². The van der Waals surface area contributed by atoms with Crippen LogP contribution in [0.25, 0.3) is 22.4 Å². The van der Waals surface area contributed by atoms with Gasteiger partial charge in [0.1, 0.15) is 5.82 Å². The predicted octanol–water partition coefficient (Wildman–Crippen LogP) is 5.37. The highest BCUT2D eigenvalue weighted by atomic mass is 15.1. The molecule has 0 atom stereocenters. The molecule has 0 aliphatic rings. The van der Waals surface area contributed by atoms with Gasteiger partial charge in [0.25, 0.3) is 0 Å². The van der Waals surface area contributed by atoms with E-state index in [0.717, 1.165) is 17.9 Å². The summed E-state index contributed by atoms with van der Waals surface area (Å²) in [5, 5.41) is 0. The number of aryl methyl sites for hydroxylation is 2. The van der Waals surface area contributed by atoms with E-state index in [9.17, 15) is 0 Å². The van der Waals surface area contributed by atoms with E-state index >= 15 is 0 Å². The fourth-order valence-electron chi connectivity index (χ4n) is 3.14. The van der Waals surface area contributed by atoms with Crippen LogP contribution in [0.3, 0.4) is 0 Å². The number of imidazole rings is 1. The minimum absolute atomic E-state index is 0.824. The molecule has 24 heavy (non-hydrogen) atoms. The average Bonchev–Trinajstić information content (AvgIpc) is 2.96. The first-order chi connectivity index (χ1) is 11.7. The Kier molecular flexibility index (Phi) is 3.66. The molecular weight excluding hydrogens is 292 g/mol. The Hall–Kier alpha value is -2.87. The van der Waals surface area contributed by atoms with Gasteiger partial charge in [0.15, 0.2) is 0 Å². The Morgan fingerprint density at radius 3 is 2.29 bits per heavy atom. The number of fused-ring (bicyclic) bond motifs is 1. The molecule has 0 N–H and O–H groups in total. The lowest BCUT2D eigenvalue weighted by Gasteiger charge is -2.11. The summed E-state index contributed by atoms with van der Waals surface area (Å²) in [5.74, 6) is 1.04. The lowest BCUT2D eigenvalue weighted by atomic mass is 10.1. The average molecular weight is 312 g/mol. The second kappa shape index (κ2) is 5.97. The highest BCUT2D eigenvalue weighted by Gasteiger charge is 2.14. The van der Waals surface area contributed by atoms with Crippen LogP contribution >= 0.6 is 0 Å². The predicted molar refractivity (Wildman–Crippen MR) is 100 cm³/mol. The summed E-state index contributed by atoms with van der Waals surface area (Å²) in [6.07, 6.45) is 0. The molecule has 0 amide bonds. The maximum atomic E-state index is 4.92. The van der Waals surface area contributed by atoms with Crippen LogP contribution < -0.4 is 0 Å². The Labute approximate surface area is 142 Å². The minimum Gasteiger partial charge on any atom is -0.319 e. The number of benzene rings is 3.